The van der Waals surface area contributed by atoms with E-state index in [1.807, 2.05) is 0 Å². The normalized spacial score (nSPS) is 11.5. The topological polar surface area (TPSA) is 63.9 Å². The molecule has 0 bridgehead atoms. The number of carbonyl (C=O) groups excluding carboxylic acids is 1. The lowest BCUT2D eigenvalue weighted by molar-refractivity contribution is -0.138. The Morgan fingerprint density at radius 3 is 2.73 bits per heavy atom. The van der Waals surface area contributed by atoms with Crippen LogP contribution in [0.3, 0.4) is 0 Å². The molecule has 0 aliphatic heterocycles. The van der Waals surface area contributed by atoms with Gasteiger partial charge in [0.1, 0.15) is 5.69 Å². The SMILES string of the molecule is CCN(C(=O)CCSc1cncc(C(F)(F)F)c1)c1cn(-c2cccnc2)nc1Cl. The number of thioether (sulfide) groups is 1. The van der Waals surface area contributed by atoms with Crippen molar-refractivity contribution in [1.82, 2.24) is 19.7 Å². The van der Waals surface area contributed by atoms with Crippen molar-refractivity contribution in [2.45, 2.75) is 24.4 Å². The van der Waals surface area contributed by atoms with Gasteiger partial charge in [0.2, 0.25) is 5.91 Å². The highest BCUT2D eigenvalue weighted by molar-refractivity contribution is 7.99. The second-order valence-corrected chi connectivity index (χ2v) is 7.63. The van der Waals surface area contributed by atoms with Crippen LogP contribution in [0, 0.1) is 0 Å². The number of amides is 1. The molecular formula is C19H17ClF3N5OS. The van der Waals surface area contributed by atoms with E-state index in [-0.39, 0.29) is 17.5 Å². The second-order valence-electron chi connectivity index (χ2n) is 6.10. The fraction of sp³-hybridized carbons (Fsp3) is 0.263. The van der Waals surface area contributed by atoms with E-state index >= 15 is 0 Å². The zero-order valence-corrected chi connectivity index (χ0v) is 17.4. The van der Waals surface area contributed by atoms with Gasteiger partial charge in [0.25, 0.3) is 0 Å². The van der Waals surface area contributed by atoms with E-state index in [1.54, 1.807) is 37.6 Å². The average Bonchev–Trinajstić information content (AvgIpc) is 3.10. The Hall–Kier alpha value is -2.59. The van der Waals surface area contributed by atoms with Crippen LogP contribution in [0.5, 0.6) is 0 Å². The van der Waals surface area contributed by atoms with Gasteiger partial charge in [-0.2, -0.15) is 18.3 Å². The third-order valence-corrected chi connectivity index (χ3v) is 5.33. The van der Waals surface area contributed by atoms with Gasteiger partial charge in [0, 0.05) is 42.2 Å². The van der Waals surface area contributed by atoms with Crippen LogP contribution in [-0.4, -0.2) is 38.0 Å². The molecule has 0 fully saturated rings. The molecule has 30 heavy (non-hydrogen) atoms. The third-order valence-electron chi connectivity index (χ3n) is 4.10. The minimum atomic E-state index is -4.45. The molecule has 0 atom stereocenters. The molecule has 6 nitrogen and oxygen atoms in total. The number of alkyl halides is 3. The Labute approximate surface area is 180 Å². The van der Waals surface area contributed by atoms with Crippen molar-refractivity contribution < 1.29 is 18.0 Å². The fourth-order valence-electron chi connectivity index (χ4n) is 2.67. The summed E-state index contributed by atoms with van der Waals surface area (Å²) in [5.74, 6) is 0.0877. The summed E-state index contributed by atoms with van der Waals surface area (Å²) in [6.45, 7) is 2.17. The summed E-state index contributed by atoms with van der Waals surface area (Å²) in [6, 6.07) is 4.58. The largest absolute Gasteiger partial charge is 0.417 e. The maximum absolute atomic E-state index is 12.8. The van der Waals surface area contributed by atoms with Gasteiger partial charge in [-0.3, -0.25) is 14.8 Å². The number of pyridine rings is 2. The highest BCUT2D eigenvalue weighted by Crippen LogP contribution is 2.31. The molecule has 3 aromatic rings. The van der Waals surface area contributed by atoms with Crippen molar-refractivity contribution in [3.8, 4) is 5.69 Å². The Bertz CT molecular complexity index is 1010. The number of nitrogens with zero attached hydrogens (tertiary/aromatic N) is 5. The van der Waals surface area contributed by atoms with E-state index in [4.69, 9.17) is 11.6 Å². The molecule has 0 saturated carbocycles. The van der Waals surface area contributed by atoms with Crippen LogP contribution in [0.1, 0.15) is 18.9 Å². The molecule has 11 heteroatoms. The van der Waals surface area contributed by atoms with E-state index in [2.05, 4.69) is 15.1 Å². The minimum Gasteiger partial charge on any atom is -0.308 e. The van der Waals surface area contributed by atoms with Crippen molar-refractivity contribution in [1.29, 1.82) is 0 Å². The van der Waals surface area contributed by atoms with Crippen LogP contribution in [0.2, 0.25) is 5.15 Å². The Morgan fingerprint density at radius 2 is 2.07 bits per heavy atom. The first kappa shape index (κ1) is 22.1. The predicted molar refractivity (Wildman–Crippen MR) is 109 cm³/mol. The van der Waals surface area contributed by atoms with E-state index < -0.39 is 11.7 Å². The summed E-state index contributed by atoms with van der Waals surface area (Å²) in [5, 5.41) is 4.39. The second kappa shape index (κ2) is 9.48. The van der Waals surface area contributed by atoms with E-state index in [1.165, 1.54) is 15.8 Å². The highest BCUT2D eigenvalue weighted by atomic mass is 35.5. The number of hydrogen-bond acceptors (Lipinski definition) is 5. The summed E-state index contributed by atoms with van der Waals surface area (Å²) in [7, 11) is 0. The number of carbonyl (C=O) groups is 1. The molecule has 3 rings (SSSR count). The maximum Gasteiger partial charge on any atom is 0.417 e. The first-order valence-corrected chi connectivity index (χ1v) is 10.3. The molecule has 0 unspecified atom stereocenters. The van der Waals surface area contributed by atoms with E-state index in [0.717, 1.165) is 24.0 Å². The lowest BCUT2D eigenvalue weighted by Crippen LogP contribution is -2.30. The zero-order valence-electron chi connectivity index (χ0n) is 15.8. The lowest BCUT2D eigenvalue weighted by atomic mass is 10.3. The summed E-state index contributed by atoms with van der Waals surface area (Å²) in [6.07, 6.45) is 2.67. The van der Waals surface area contributed by atoms with Crippen molar-refractivity contribution in [2.24, 2.45) is 0 Å². The number of rotatable bonds is 7. The summed E-state index contributed by atoms with van der Waals surface area (Å²) in [5.41, 5.74) is 0.337. The Kier molecular flexibility index (Phi) is 6.99. The van der Waals surface area contributed by atoms with Crippen LogP contribution < -0.4 is 4.90 Å². The van der Waals surface area contributed by atoms with Gasteiger partial charge in [-0.25, -0.2) is 4.68 Å². The molecule has 0 aromatic carbocycles. The van der Waals surface area contributed by atoms with Crippen LogP contribution in [-0.2, 0) is 11.0 Å². The lowest BCUT2D eigenvalue weighted by Gasteiger charge is -2.19. The highest BCUT2D eigenvalue weighted by Gasteiger charge is 2.31. The molecule has 0 radical (unpaired) electrons. The van der Waals surface area contributed by atoms with Crippen molar-refractivity contribution in [3.63, 3.8) is 0 Å². The molecule has 158 valence electrons. The fourth-order valence-corrected chi connectivity index (χ4v) is 3.76. The molecule has 1 amide bonds. The number of anilines is 1. The van der Waals surface area contributed by atoms with Gasteiger partial charge in [0.05, 0.1) is 23.6 Å². The first-order valence-electron chi connectivity index (χ1n) is 8.90. The van der Waals surface area contributed by atoms with E-state index in [0.29, 0.717) is 28.6 Å². The molecule has 0 aliphatic rings. The van der Waals surface area contributed by atoms with Crippen molar-refractivity contribution in [2.75, 3.05) is 17.2 Å². The van der Waals surface area contributed by atoms with E-state index in [9.17, 15) is 18.0 Å². The van der Waals surface area contributed by atoms with Crippen molar-refractivity contribution in [3.05, 3.63) is 59.9 Å². The zero-order chi connectivity index (χ0) is 21.7. The average molecular weight is 456 g/mol. The number of hydrogen-bond donors (Lipinski definition) is 0. The number of halogens is 4. The number of aromatic nitrogens is 4. The summed E-state index contributed by atoms with van der Waals surface area (Å²) < 4.78 is 39.9. The first-order chi connectivity index (χ1) is 14.3. The predicted octanol–water partition coefficient (Wildman–Crippen LogP) is 4.87. The minimum absolute atomic E-state index is 0.114. The maximum atomic E-state index is 12.8. The van der Waals surface area contributed by atoms with Gasteiger partial charge in [-0.15, -0.1) is 11.8 Å². The quantitative estimate of drug-likeness (QED) is 0.475. The molecule has 0 spiro atoms. The van der Waals surface area contributed by atoms with Gasteiger partial charge >= 0.3 is 6.18 Å². The van der Waals surface area contributed by atoms with Crippen LogP contribution in [0.25, 0.3) is 5.69 Å². The Balaban J connectivity index is 1.65. The molecule has 3 aromatic heterocycles. The smallest absolute Gasteiger partial charge is 0.308 e. The summed E-state index contributed by atoms with van der Waals surface area (Å²) in [4.78, 5) is 22.2. The standard InChI is InChI=1S/C19H17ClF3N5OS/c1-2-27(16-12-28(26-18(16)20)14-4-3-6-24-10-14)17(29)5-7-30-15-8-13(9-25-11-15)19(21,22)23/h3-4,6,8-12H,2,5,7H2,1H3. The molecule has 0 N–H and O–H groups in total. The van der Waals surface area contributed by atoms with Crippen LogP contribution in [0.4, 0.5) is 18.9 Å². The molecule has 0 saturated heterocycles. The third kappa shape index (κ3) is 5.31. The molecular weight excluding hydrogens is 439 g/mol. The van der Waals surface area contributed by atoms with Gasteiger partial charge < -0.3 is 4.90 Å². The summed E-state index contributed by atoms with van der Waals surface area (Å²) >= 11 is 7.37. The monoisotopic (exact) mass is 455 g/mol. The van der Waals surface area contributed by atoms with Gasteiger partial charge in [0.15, 0.2) is 5.15 Å². The molecule has 3 heterocycles. The molecule has 0 aliphatic carbocycles. The van der Waals surface area contributed by atoms with Crippen molar-refractivity contribution >= 4 is 35.0 Å². The van der Waals surface area contributed by atoms with Crippen LogP contribution in [0.15, 0.2) is 54.1 Å². The van der Waals surface area contributed by atoms with Gasteiger partial charge in [-0.05, 0) is 25.1 Å². The van der Waals surface area contributed by atoms with Crippen LogP contribution >= 0.6 is 23.4 Å². The van der Waals surface area contributed by atoms with Gasteiger partial charge in [-0.1, -0.05) is 11.6 Å². The Morgan fingerprint density at radius 1 is 1.27 bits per heavy atom.